The fourth-order valence-electron chi connectivity index (χ4n) is 2.73. The van der Waals surface area contributed by atoms with E-state index in [1.165, 1.54) is 12.8 Å². The van der Waals surface area contributed by atoms with Crippen LogP contribution in [-0.2, 0) is 6.61 Å². The number of nitrogens with zero attached hydrogens (tertiary/aromatic N) is 4. The summed E-state index contributed by atoms with van der Waals surface area (Å²) < 4.78 is 16.7. The minimum atomic E-state index is 0.300. The smallest absolute Gasteiger partial charge is 0.231 e. The molecule has 1 aromatic carbocycles. The van der Waals surface area contributed by atoms with E-state index in [1.54, 1.807) is 19.4 Å². The molecule has 140 valence electrons. The van der Waals surface area contributed by atoms with Gasteiger partial charge in [0.05, 0.1) is 7.11 Å². The first-order valence-electron chi connectivity index (χ1n) is 8.72. The third-order valence-electron chi connectivity index (χ3n) is 4.43. The first-order valence-corrected chi connectivity index (χ1v) is 8.72. The van der Waals surface area contributed by atoms with Gasteiger partial charge >= 0.3 is 0 Å². The van der Waals surface area contributed by atoms with E-state index in [1.807, 2.05) is 36.2 Å². The number of methoxy groups -OCH3 is 1. The molecule has 0 atom stereocenters. The number of benzene rings is 1. The van der Waals surface area contributed by atoms with Gasteiger partial charge < -0.3 is 24.6 Å². The van der Waals surface area contributed by atoms with Crippen LogP contribution in [0.1, 0.15) is 30.2 Å². The molecule has 0 bridgehead atoms. The molecule has 0 unspecified atom stereocenters. The van der Waals surface area contributed by atoms with Gasteiger partial charge in [-0.2, -0.15) is 4.98 Å². The Kier molecular flexibility index (Phi) is 4.53. The predicted octanol–water partition coefficient (Wildman–Crippen LogP) is 3.28. The lowest BCUT2D eigenvalue weighted by Crippen LogP contribution is -2.14. The Bertz CT molecular complexity index is 939. The Labute approximate surface area is 156 Å². The molecule has 2 aromatic heterocycles. The zero-order valence-corrected chi connectivity index (χ0v) is 15.3. The summed E-state index contributed by atoms with van der Waals surface area (Å²) in [5.41, 5.74) is 7.36. The second kappa shape index (κ2) is 7.14. The molecular weight excluding hydrogens is 346 g/mol. The van der Waals surface area contributed by atoms with Gasteiger partial charge in [0.25, 0.3) is 0 Å². The monoisotopic (exact) mass is 367 g/mol. The fraction of sp³-hybridized carbons (Fsp3) is 0.316. The molecule has 0 radical (unpaired) electrons. The van der Waals surface area contributed by atoms with Gasteiger partial charge in [-0.25, -0.2) is 4.98 Å². The number of nitrogen functional groups attached to an aromatic ring is 1. The summed E-state index contributed by atoms with van der Waals surface area (Å²) in [5, 5.41) is 4.08. The van der Waals surface area contributed by atoms with Crippen molar-refractivity contribution in [3.05, 3.63) is 48.0 Å². The Morgan fingerprint density at radius 3 is 2.81 bits per heavy atom. The van der Waals surface area contributed by atoms with Crippen LogP contribution in [0.15, 0.2) is 41.1 Å². The SMILES string of the molecule is COc1ccc(N(C)c2nccc(N)n2)cc1OCc1cc(C2CC2)on1. The van der Waals surface area contributed by atoms with Crippen molar-refractivity contribution in [1.29, 1.82) is 0 Å². The second-order valence-corrected chi connectivity index (χ2v) is 6.46. The molecular formula is C19H21N5O3. The summed E-state index contributed by atoms with van der Waals surface area (Å²) in [6, 6.07) is 9.22. The van der Waals surface area contributed by atoms with Crippen molar-refractivity contribution in [3.8, 4) is 11.5 Å². The number of hydrogen-bond acceptors (Lipinski definition) is 8. The molecule has 0 aliphatic heterocycles. The zero-order chi connectivity index (χ0) is 18.8. The van der Waals surface area contributed by atoms with Crippen LogP contribution in [0.2, 0.25) is 0 Å². The molecule has 27 heavy (non-hydrogen) atoms. The minimum absolute atomic E-state index is 0.300. The van der Waals surface area contributed by atoms with Gasteiger partial charge in [-0.3, -0.25) is 0 Å². The molecule has 1 fully saturated rings. The molecule has 0 amide bonds. The first-order chi connectivity index (χ1) is 13.1. The van der Waals surface area contributed by atoms with E-state index in [2.05, 4.69) is 15.1 Å². The molecule has 2 N–H and O–H groups in total. The Hall–Kier alpha value is -3.29. The topological polar surface area (TPSA) is 99.5 Å². The molecule has 0 saturated heterocycles. The number of hydrogen-bond donors (Lipinski definition) is 1. The van der Waals surface area contributed by atoms with Crippen molar-refractivity contribution in [2.24, 2.45) is 0 Å². The van der Waals surface area contributed by atoms with Crippen LogP contribution in [0.3, 0.4) is 0 Å². The van der Waals surface area contributed by atoms with Gasteiger partial charge in [-0.1, -0.05) is 5.16 Å². The summed E-state index contributed by atoms with van der Waals surface area (Å²) in [5.74, 6) is 3.60. The average molecular weight is 367 g/mol. The number of aromatic nitrogens is 3. The van der Waals surface area contributed by atoms with Crippen molar-refractivity contribution >= 4 is 17.5 Å². The molecule has 3 aromatic rings. The third-order valence-corrected chi connectivity index (χ3v) is 4.43. The van der Waals surface area contributed by atoms with Gasteiger partial charge in [0.1, 0.15) is 23.9 Å². The molecule has 1 aliphatic carbocycles. The fourth-order valence-corrected chi connectivity index (χ4v) is 2.73. The number of ether oxygens (including phenoxy) is 2. The summed E-state index contributed by atoms with van der Waals surface area (Å²) in [7, 11) is 3.47. The highest BCUT2D eigenvalue weighted by atomic mass is 16.5. The van der Waals surface area contributed by atoms with E-state index in [0.717, 1.165) is 17.1 Å². The quantitative estimate of drug-likeness (QED) is 0.679. The van der Waals surface area contributed by atoms with Gasteiger partial charge in [-0.15, -0.1) is 0 Å². The van der Waals surface area contributed by atoms with Gasteiger partial charge in [0, 0.05) is 37.0 Å². The van der Waals surface area contributed by atoms with Gasteiger partial charge in [0.2, 0.25) is 5.95 Å². The van der Waals surface area contributed by atoms with E-state index >= 15 is 0 Å². The summed E-state index contributed by atoms with van der Waals surface area (Å²) in [4.78, 5) is 10.3. The lowest BCUT2D eigenvalue weighted by atomic mass is 10.2. The minimum Gasteiger partial charge on any atom is -0.493 e. The second-order valence-electron chi connectivity index (χ2n) is 6.46. The maximum absolute atomic E-state index is 5.94. The Morgan fingerprint density at radius 1 is 1.22 bits per heavy atom. The summed E-state index contributed by atoms with van der Waals surface area (Å²) in [6.07, 6.45) is 3.96. The van der Waals surface area contributed by atoms with E-state index in [0.29, 0.717) is 35.8 Å². The lowest BCUT2D eigenvalue weighted by Gasteiger charge is -2.19. The standard InChI is InChI=1S/C19H21N5O3/c1-24(19-21-8-7-18(20)22-19)14-5-6-15(25-2)17(10-14)26-11-13-9-16(27-23-13)12-3-4-12/h5-10,12H,3-4,11H2,1-2H3,(H2,20,21,22). The highest BCUT2D eigenvalue weighted by molar-refractivity contribution is 5.62. The zero-order valence-electron chi connectivity index (χ0n) is 15.3. The van der Waals surface area contributed by atoms with Crippen LogP contribution in [0.4, 0.5) is 17.5 Å². The maximum atomic E-state index is 5.94. The molecule has 0 spiro atoms. The molecule has 8 heteroatoms. The normalized spacial score (nSPS) is 13.4. The van der Waals surface area contributed by atoms with E-state index in [-0.39, 0.29) is 0 Å². The Balaban J connectivity index is 1.52. The highest BCUT2D eigenvalue weighted by Gasteiger charge is 2.27. The molecule has 1 aliphatic rings. The summed E-state index contributed by atoms with van der Waals surface area (Å²) in [6.45, 7) is 0.300. The van der Waals surface area contributed by atoms with Crippen LogP contribution >= 0.6 is 0 Å². The third kappa shape index (κ3) is 3.79. The van der Waals surface area contributed by atoms with Crippen molar-refractivity contribution in [2.45, 2.75) is 25.4 Å². The molecule has 4 rings (SSSR count). The van der Waals surface area contributed by atoms with E-state index in [4.69, 9.17) is 19.7 Å². The van der Waals surface area contributed by atoms with E-state index in [9.17, 15) is 0 Å². The van der Waals surface area contributed by atoms with Gasteiger partial charge in [-0.05, 0) is 31.0 Å². The predicted molar refractivity (Wildman–Crippen MR) is 100 cm³/mol. The number of rotatable bonds is 7. The van der Waals surface area contributed by atoms with Crippen molar-refractivity contribution in [1.82, 2.24) is 15.1 Å². The van der Waals surface area contributed by atoms with Crippen LogP contribution in [0.25, 0.3) is 0 Å². The van der Waals surface area contributed by atoms with Crippen LogP contribution in [-0.4, -0.2) is 29.3 Å². The highest BCUT2D eigenvalue weighted by Crippen LogP contribution is 2.40. The van der Waals surface area contributed by atoms with Crippen LogP contribution in [0.5, 0.6) is 11.5 Å². The van der Waals surface area contributed by atoms with Crippen molar-refractivity contribution in [2.75, 3.05) is 24.8 Å². The van der Waals surface area contributed by atoms with E-state index < -0.39 is 0 Å². The Morgan fingerprint density at radius 2 is 2.07 bits per heavy atom. The largest absolute Gasteiger partial charge is 0.493 e. The first kappa shape index (κ1) is 17.1. The van der Waals surface area contributed by atoms with Crippen LogP contribution < -0.4 is 20.1 Å². The van der Waals surface area contributed by atoms with Gasteiger partial charge in [0.15, 0.2) is 11.5 Å². The number of nitrogens with two attached hydrogens (primary N) is 1. The molecule has 2 heterocycles. The average Bonchev–Trinajstić information content (AvgIpc) is 3.43. The van der Waals surface area contributed by atoms with Crippen molar-refractivity contribution < 1.29 is 14.0 Å². The van der Waals surface area contributed by atoms with Crippen LogP contribution in [0, 0.1) is 0 Å². The number of anilines is 3. The molecule has 1 saturated carbocycles. The maximum Gasteiger partial charge on any atom is 0.231 e. The van der Waals surface area contributed by atoms with Crippen molar-refractivity contribution in [3.63, 3.8) is 0 Å². The lowest BCUT2D eigenvalue weighted by molar-refractivity contribution is 0.271. The summed E-state index contributed by atoms with van der Waals surface area (Å²) >= 11 is 0. The molecule has 8 nitrogen and oxygen atoms in total.